The standard InChI is InChI=1S/C46H81N3O6/c1-4-6-8-10-12-14-16-18-20-22-24-26-28-30-32-34-36-55-46(54)41(37-47-45(53)40-49(3)38-42(50)43(51)39-49)48-44(52)35-33-31-29-27-25-23-21-19-17-15-13-11-9-7-5-2/h12-15,18-21,41-43,50-51H,4-11,16-17,22-40H2,1-3H3,(H-,47,48,52,53)/p+1/b14-12-,15-13-,20-18-,21-19-/t41-,42-,43+,49?/m0/s1. The van der Waals surface area contributed by atoms with E-state index in [1.165, 1.54) is 64.2 Å². The quantitative estimate of drug-likeness (QED) is 0.0221. The van der Waals surface area contributed by atoms with Crippen LogP contribution in [0.25, 0.3) is 0 Å². The summed E-state index contributed by atoms with van der Waals surface area (Å²) in [5.74, 6) is -1.07. The van der Waals surface area contributed by atoms with Crippen molar-refractivity contribution in [3.8, 4) is 0 Å². The van der Waals surface area contributed by atoms with Crippen molar-refractivity contribution < 1.29 is 33.8 Å². The number of aliphatic hydroxyl groups excluding tert-OH is 2. The molecule has 1 heterocycles. The van der Waals surface area contributed by atoms with Crippen molar-refractivity contribution in [2.45, 2.75) is 186 Å². The monoisotopic (exact) mass is 773 g/mol. The third-order valence-electron chi connectivity index (χ3n) is 10.3. The van der Waals surface area contributed by atoms with Crippen LogP contribution in [0.4, 0.5) is 0 Å². The fourth-order valence-corrected chi connectivity index (χ4v) is 6.89. The molecule has 1 saturated heterocycles. The summed E-state index contributed by atoms with van der Waals surface area (Å²) in [6.07, 6.45) is 42.4. The number of likely N-dealkylation sites (N-methyl/N-ethyl adjacent to an activating group) is 1. The van der Waals surface area contributed by atoms with Gasteiger partial charge in [0, 0.05) is 13.0 Å². The molecule has 0 aromatic carbocycles. The second-order valence-electron chi connectivity index (χ2n) is 15.9. The Hall–Kier alpha value is -2.75. The van der Waals surface area contributed by atoms with Crippen LogP contribution in [0.2, 0.25) is 0 Å². The SMILES string of the molecule is CCCCC/C=C\C/C=C\CCCCCCCCOC(=O)[C@H](CNC(=O)C[N+]1(C)C[C@@H](O)[C@@H](O)C1)NC(=O)CCCCCCC/C=C\C/C=C\CCCCC. The first-order valence-electron chi connectivity index (χ1n) is 22.2. The first kappa shape index (κ1) is 50.3. The Morgan fingerprint density at radius 1 is 0.618 bits per heavy atom. The third-order valence-corrected chi connectivity index (χ3v) is 10.3. The Morgan fingerprint density at radius 3 is 1.55 bits per heavy atom. The highest BCUT2D eigenvalue weighted by Crippen LogP contribution is 2.17. The van der Waals surface area contributed by atoms with E-state index in [-0.39, 0.29) is 49.1 Å². The van der Waals surface area contributed by atoms with Gasteiger partial charge in [0.25, 0.3) is 5.91 Å². The number of carbonyl (C=O) groups excluding carboxylic acids is 3. The Kier molecular flexibility index (Phi) is 31.5. The van der Waals surface area contributed by atoms with E-state index in [4.69, 9.17) is 4.74 Å². The number of hydrogen-bond acceptors (Lipinski definition) is 6. The third kappa shape index (κ3) is 29.2. The maximum absolute atomic E-state index is 13.1. The average Bonchev–Trinajstić information content (AvgIpc) is 3.42. The van der Waals surface area contributed by atoms with Crippen LogP contribution in [0.5, 0.6) is 0 Å². The number of likely N-dealkylation sites (tertiary alicyclic amines) is 1. The molecule has 1 rings (SSSR count). The molecule has 2 amide bonds. The van der Waals surface area contributed by atoms with Crippen molar-refractivity contribution in [2.75, 3.05) is 39.8 Å². The molecular weight excluding hydrogens is 691 g/mol. The van der Waals surface area contributed by atoms with E-state index < -0.39 is 24.2 Å². The predicted molar refractivity (Wildman–Crippen MR) is 227 cm³/mol. The number of amides is 2. The van der Waals surface area contributed by atoms with Crippen molar-refractivity contribution >= 4 is 17.8 Å². The van der Waals surface area contributed by atoms with Crippen LogP contribution >= 0.6 is 0 Å². The highest BCUT2D eigenvalue weighted by molar-refractivity contribution is 5.85. The van der Waals surface area contributed by atoms with Crippen LogP contribution in [0.3, 0.4) is 0 Å². The average molecular weight is 773 g/mol. The van der Waals surface area contributed by atoms with E-state index >= 15 is 0 Å². The molecule has 9 nitrogen and oxygen atoms in total. The second kappa shape index (κ2) is 34.5. The smallest absolute Gasteiger partial charge is 0.330 e. The normalized spacial score (nSPS) is 19.3. The fraction of sp³-hybridized carbons (Fsp3) is 0.761. The molecule has 0 radical (unpaired) electrons. The number of carbonyl (C=O) groups is 3. The number of quaternary nitrogens is 1. The van der Waals surface area contributed by atoms with Crippen LogP contribution in [-0.2, 0) is 19.1 Å². The first-order valence-corrected chi connectivity index (χ1v) is 22.2. The molecule has 4 atom stereocenters. The van der Waals surface area contributed by atoms with E-state index in [0.717, 1.165) is 83.5 Å². The zero-order valence-corrected chi connectivity index (χ0v) is 35.3. The lowest BCUT2D eigenvalue weighted by atomic mass is 10.1. The van der Waals surface area contributed by atoms with Gasteiger partial charge in [-0.05, 0) is 77.0 Å². The Labute approximate surface area is 336 Å². The van der Waals surface area contributed by atoms with E-state index in [1.807, 2.05) is 7.05 Å². The van der Waals surface area contributed by atoms with Gasteiger partial charge in [0.05, 0.1) is 13.7 Å². The summed E-state index contributed by atoms with van der Waals surface area (Å²) >= 11 is 0. The molecule has 0 saturated carbocycles. The molecule has 0 aliphatic carbocycles. The number of hydrogen-bond donors (Lipinski definition) is 4. The molecule has 1 aliphatic heterocycles. The van der Waals surface area contributed by atoms with Crippen LogP contribution in [-0.4, -0.2) is 90.6 Å². The maximum atomic E-state index is 13.1. The zero-order chi connectivity index (χ0) is 40.2. The van der Waals surface area contributed by atoms with Crippen molar-refractivity contribution in [3.05, 3.63) is 48.6 Å². The summed E-state index contributed by atoms with van der Waals surface area (Å²) in [4.78, 5) is 38.8. The lowest BCUT2D eigenvalue weighted by molar-refractivity contribution is -0.892. The molecule has 0 bridgehead atoms. The van der Waals surface area contributed by atoms with E-state index in [2.05, 4.69) is 73.1 Å². The van der Waals surface area contributed by atoms with E-state index in [9.17, 15) is 24.6 Å². The number of nitrogens with one attached hydrogen (secondary N) is 2. The number of aliphatic hydroxyl groups is 2. The number of unbranched alkanes of at least 4 members (excludes halogenated alkanes) is 17. The molecule has 9 heteroatoms. The van der Waals surface area contributed by atoms with Gasteiger partial charge < -0.3 is 30.1 Å². The molecule has 0 aromatic heterocycles. The van der Waals surface area contributed by atoms with Crippen LogP contribution < -0.4 is 10.6 Å². The number of nitrogens with zero attached hydrogens (tertiary/aromatic N) is 1. The Balaban J connectivity index is 2.35. The predicted octanol–water partition coefficient (Wildman–Crippen LogP) is 8.94. The zero-order valence-electron chi connectivity index (χ0n) is 35.3. The van der Waals surface area contributed by atoms with Crippen molar-refractivity contribution in [1.82, 2.24) is 10.6 Å². The molecule has 1 fully saturated rings. The highest BCUT2D eigenvalue weighted by atomic mass is 16.5. The summed E-state index contributed by atoms with van der Waals surface area (Å²) in [6, 6.07) is -0.973. The molecule has 0 aromatic rings. The highest BCUT2D eigenvalue weighted by Gasteiger charge is 2.42. The molecule has 0 spiro atoms. The minimum absolute atomic E-state index is 0.0582. The van der Waals surface area contributed by atoms with Crippen molar-refractivity contribution in [1.29, 1.82) is 0 Å². The van der Waals surface area contributed by atoms with E-state index in [1.54, 1.807) is 0 Å². The summed E-state index contributed by atoms with van der Waals surface area (Å²) in [5, 5.41) is 25.5. The van der Waals surface area contributed by atoms with Crippen LogP contribution in [0.15, 0.2) is 48.6 Å². The minimum Gasteiger partial charge on any atom is -0.464 e. The van der Waals surface area contributed by atoms with Crippen LogP contribution in [0.1, 0.15) is 168 Å². The van der Waals surface area contributed by atoms with E-state index in [0.29, 0.717) is 6.42 Å². The van der Waals surface area contributed by atoms with Gasteiger partial charge in [-0.2, -0.15) is 0 Å². The summed E-state index contributed by atoms with van der Waals surface area (Å²) in [7, 11) is 1.81. The molecular formula is C46H82N3O6+. The van der Waals surface area contributed by atoms with Gasteiger partial charge in [-0.1, -0.05) is 133 Å². The summed E-state index contributed by atoms with van der Waals surface area (Å²) < 4.78 is 5.77. The minimum atomic E-state index is -0.973. The van der Waals surface area contributed by atoms with Gasteiger partial charge >= 0.3 is 5.97 Å². The second-order valence-corrected chi connectivity index (χ2v) is 15.9. The number of allylic oxidation sites excluding steroid dienone is 8. The Bertz CT molecular complexity index is 1090. The summed E-state index contributed by atoms with van der Waals surface area (Å²) in [5.41, 5.74) is 0. The van der Waals surface area contributed by atoms with Gasteiger partial charge in [-0.25, -0.2) is 4.79 Å². The van der Waals surface area contributed by atoms with Gasteiger partial charge in [0.1, 0.15) is 31.3 Å². The maximum Gasteiger partial charge on any atom is 0.330 e. The fourth-order valence-electron chi connectivity index (χ4n) is 6.89. The van der Waals surface area contributed by atoms with Gasteiger partial charge in [0.15, 0.2) is 6.54 Å². The largest absolute Gasteiger partial charge is 0.464 e. The topological polar surface area (TPSA) is 125 Å². The van der Waals surface area contributed by atoms with Gasteiger partial charge in [-0.15, -0.1) is 0 Å². The molecule has 1 aliphatic rings. The molecule has 55 heavy (non-hydrogen) atoms. The van der Waals surface area contributed by atoms with Gasteiger partial charge in [-0.3, -0.25) is 9.59 Å². The van der Waals surface area contributed by atoms with Crippen LogP contribution in [0, 0.1) is 0 Å². The lowest BCUT2D eigenvalue weighted by Crippen LogP contribution is -2.53. The lowest BCUT2D eigenvalue weighted by Gasteiger charge is -2.28. The number of esters is 1. The van der Waals surface area contributed by atoms with Crippen molar-refractivity contribution in [3.63, 3.8) is 0 Å². The first-order chi connectivity index (χ1) is 26.7. The molecule has 4 N–H and O–H groups in total. The van der Waals surface area contributed by atoms with Crippen molar-refractivity contribution in [2.24, 2.45) is 0 Å². The summed E-state index contributed by atoms with van der Waals surface area (Å²) in [6.45, 7) is 5.28. The Morgan fingerprint density at radius 2 is 1.05 bits per heavy atom. The number of ether oxygens (including phenoxy) is 1. The van der Waals surface area contributed by atoms with Gasteiger partial charge in [0.2, 0.25) is 5.91 Å². The number of rotatable bonds is 35. The molecule has 1 unspecified atom stereocenters. The molecule has 316 valence electrons.